The average Bonchev–Trinajstić information content (AvgIpc) is 2.38. The van der Waals surface area contributed by atoms with Gasteiger partial charge in [0.2, 0.25) is 0 Å². The largest absolute Gasteiger partial charge is 0.310 e. The maximum absolute atomic E-state index is 4.71. The average molecular weight is 254 g/mol. The molecule has 1 aromatic heterocycles. The van der Waals surface area contributed by atoms with Crippen molar-refractivity contribution in [3.63, 3.8) is 0 Å². The summed E-state index contributed by atoms with van der Waals surface area (Å²) in [4.78, 5) is 4.71. The van der Waals surface area contributed by atoms with Gasteiger partial charge in [-0.05, 0) is 25.5 Å². The van der Waals surface area contributed by atoms with Crippen LogP contribution in [0, 0.1) is 13.8 Å². The van der Waals surface area contributed by atoms with E-state index in [1.807, 2.05) is 0 Å². The molecule has 0 bridgehead atoms. The third-order valence-electron chi connectivity index (χ3n) is 3.24. The second-order valence-corrected chi connectivity index (χ2v) is 5.34. The van der Waals surface area contributed by atoms with E-state index in [2.05, 4.69) is 69.4 Å². The first-order chi connectivity index (χ1) is 9.06. The van der Waals surface area contributed by atoms with Crippen molar-refractivity contribution in [3.05, 3.63) is 53.2 Å². The Bertz CT molecular complexity index is 542. The van der Waals surface area contributed by atoms with Gasteiger partial charge in [-0.2, -0.15) is 0 Å². The lowest BCUT2D eigenvalue weighted by molar-refractivity contribution is 0.586. The van der Waals surface area contributed by atoms with Crippen LogP contribution in [0.15, 0.2) is 36.4 Å². The minimum atomic E-state index is 0.496. The van der Waals surface area contributed by atoms with Crippen molar-refractivity contribution in [2.45, 2.75) is 40.3 Å². The molecule has 2 rings (SSSR count). The van der Waals surface area contributed by atoms with Crippen LogP contribution < -0.4 is 5.32 Å². The number of nitrogens with one attached hydrogen (secondary N) is 1. The van der Waals surface area contributed by atoms with Crippen LogP contribution in [0.2, 0.25) is 0 Å². The second-order valence-electron chi connectivity index (χ2n) is 5.34. The molecule has 1 N–H and O–H groups in total. The Kier molecular flexibility index (Phi) is 4.33. The molecular weight excluding hydrogens is 232 g/mol. The van der Waals surface area contributed by atoms with Gasteiger partial charge in [0.05, 0.1) is 5.69 Å². The highest BCUT2D eigenvalue weighted by molar-refractivity contribution is 5.60. The fourth-order valence-corrected chi connectivity index (χ4v) is 1.98. The topological polar surface area (TPSA) is 24.9 Å². The number of benzene rings is 1. The quantitative estimate of drug-likeness (QED) is 0.896. The molecule has 0 aliphatic heterocycles. The lowest BCUT2D eigenvalue weighted by Crippen LogP contribution is -2.22. The van der Waals surface area contributed by atoms with Crippen molar-refractivity contribution in [1.82, 2.24) is 10.3 Å². The van der Waals surface area contributed by atoms with Gasteiger partial charge in [-0.25, -0.2) is 0 Å². The predicted molar refractivity (Wildman–Crippen MR) is 81.1 cm³/mol. The van der Waals surface area contributed by atoms with Gasteiger partial charge in [0.15, 0.2) is 0 Å². The number of hydrogen-bond acceptors (Lipinski definition) is 2. The Morgan fingerprint density at radius 2 is 1.68 bits per heavy atom. The summed E-state index contributed by atoms with van der Waals surface area (Å²) in [5.74, 6) is 0. The zero-order chi connectivity index (χ0) is 13.8. The lowest BCUT2D eigenvalue weighted by Gasteiger charge is -2.11. The molecule has 0 unspecified atom stereocenters. The SMILES string of the molecule is Cc1ccc(-c2ccc(CNC(C)C)c(C)n2)cc1. The van der Waals surface area contributed by atoms with Crippen LogP contribution >= 0.6 is 0 Å². The molecule has 2 heteroatoms. The molecule has 0 amide bonds. The zero-order valence-electron chi connectivity index (χ0n) is 12.2. The van der Waals surface area contributed by atoms with Gasteiger partial charge in [-0.15, -0.1) is 0 Å². The van der Waals surface area contributed by atoms with Crippen molar-refractivity contribution in [1.29, 1.82) is 0 Å². The van der Waals surface area contributed by atoms with Crippen molar-refractivity contribution < 1.29 is 0 Å². The second kappa shape index (κ2) is 5.98. The number of nitrogens with zero attached hydrogens (tertiary/aromatic N) is 1. The van der Waals surface area contributed by atoms with Crippen LogP contribution in [-0.4, -0.2) is 11.0 Å². The minimum Gasteiger partial charge on any atom is -0.310 e. The van der Waals surface area contributed by atoms with E-state index in [1.165, 1.54) is 16.7 Å². The summed E-state index contributed by atoms with van der Waals surface area (Å²) in [6.07, 6.45) is 0. The van der Waals surface area contributed by atoms with Crippen LogP contribution in [0.4, 0.5) is 0 Å². The van der Waals surface area contributed by atoms with E-state index in [-0.39, 0.29) is 0 Å². The van der Waals surface area contributed by atoms with Gasteiger partial charge in [0.1, 0.15) is 0 Å². The Morgan fingerprint density at radius 1 is 1.00 bits per heavy atom. The van der Waals surface area contributed by atoms with E-state index in [9.17, 15) is 0 Å². The fourth-order valence-electron chi connectivity index (χ4n) is 1.98. The molecule has 1 aromatic carbocycles. The summed E-state index contributed by atoms with van der Waals surface area (Å²) in [6, 6.07) is 13.3. The molecule has 2 aromatic rings. The molecule has 0 saturated carbocycles. The molecule has 0 saturated heterocycles. The fraction of sp³-hybridized carbons (Fsp3) is 0.353. The number of aromatic nitrogens is 1. The van der Waals surface area contributed by atoms with E-state index in [1.54, 1.807) is 0 Å². The summed E-state index contributed by atoms with van der Waals surface area (Å²) in [6.45, 7) is 9.37. The third-order valence-corrected chi connectivity index (χ3v) is 3.24. The highest BCUT2D eigenvalue weighted by atomic mass is 14.9. The van der Waals surface area contributed by atoms with Crippen molar-refractivity contribution in [2.24, 2.45) is 0 Å². The van der Waals surface area contributed by atoms with Crippen LogP contribution in [0.1, 0.15) is 30.7 Å². The molecule has 0 aliphatic carbocycles. The van der Waals surface area contributed by atoms with E-state index >= 15 is 0 Å². The molecule has 0 aliphatic rings. The molecule has 0 fully saturated rings. The standard InChI is InChI=1S/C17H22N2/c1-12(2)18-11-16-9-10-17(19-14(16)4)15-7-5-13(3)6-8-15/h5-10,12,18H,11H2,1-4H3. The highest BCUT2D eigenvalue weighted by Crippen LogP contribution is 2.19. The molecular formula is C17H22N2. The minimum absolute atomic E-state index is 0.496. The number of pyridine rings is 1. The Balaban J connectivity index is 2.21. The van der Waals surface area contributed by atoms with Gasteiger partial charge >= 0.3 is 0 Å². The summed E-state index contributed by atoms with van der Waals surface area (Å²) < 4.78 is 0. The number of aryl methyl sites for hydroxylation is 2. The number of rotatable bonds is 4. The van der Waals surface area contributed by atoms with Crippen LogP contribution in [0.25, 0.3) is 11.3 Å². The molecule has 0 radical (unpaired) electrons. The monoisotopic (exact) mass is 254 g/mol. The molecule has 100 valence electrons. The number of hydrogen-bond donors (Lipinski definition) is 1. The molecule has 0 spiro atoms. The van der Waals surface area contributed by atoms with E-state index in [4.69, 9.17) is 4.98 Å². The molecule has 0 atom stereocenters. The molecule has 1 heterocycles. The highest BCUT2D eigenvalue weighted by Gasteiger charge is 2.04. The summed E-state index contributed by atoms with van der Waals surface area (Å²) in [5.41, 5.74) is 5.87. The predicted octanol–water partition coefficient (Wildman–Crippen LogP) is 3.86. The molecule has 2 nitrogen and oxygen atoms in total. The van der Waals surface area contributed by atoms with Gasteiger partial charge in [-0.1, -0.05) is 49.7 Å². The first kappa shape index (κ1) is 13.8. The normalized spacial score (nSPS) is 11.0. The summed E-state index contributed by atoms with van der Waals surface area (Å²) in [7, 11) is 0. The van der Waals surface area contributed by atoms with Crippen LogP contribution in [-0.2, 0) is 6.54 Å². The Hall–Kier alpha value is -1.67. The lowest BCUT2D eigenvalue weighted by atomic mass is 10.1. The van der Waals surface area contributed by atoms with Crippen molar-refractivity contribution >= 4 is 0 Å². The maximum Gasteiger partial charge on any atom is 0.0705 e. The molecule has 19 heavy (non-hydrogen) atoms. The van der Waals surface area contributed by atoms with Gasteiger partial charge in [0.25, 0.3) is 0 Å². The summed E-state index contributed by atoms with van der Waals surface area (Å²) >= 11 is 0. The van der Waals surface area contributed by atoms with E-state index in [0.717, 1.165) is 17.9 Å². The van der Waals surface area contributed by atoms with Crippen molar-refractivity contribution in [2.75, 3.05) is 0 Å². The van der Waals surface area contributed by atoms with Gasteiger partial charge in [0, 0.05) is 23.8 Å². The smallest absolute Gasteiger partial charge is 0.0705 e. The van der Waals surface area contributed by atoms with E-state index in [0.29, 0.717) is 6.04 Å². The zero-order valence-corrected chi connectivity index (χ0v) is 12.2. The van der Waals surface area contributed by atoms with Crippen LogP contribution in [0.5, 0.6) is 0 Å². The van der Waals surface area contributed by atoms with Gasteiger partial charge in [-0.3, -0.25) is 4.98 Å². The Morgan fingerprint density at radius 3 is 2.26 bits per heavy atom. The maximum atomic E-state index is 4.71. The summed E-state index contributed by atoms with van der Waals surface area (Å²) in [5, 5.41) is 3.43. The Labute approximate surface area is 115 Å². The third kappa shape index (κ3) is 3.65. The first-order valence-corrected chi connectivity index (χ1v) is 6.83. The first-order valence-electron chi connectivity index (χ1n) is 6.83. The van der Waals surface area contributed by atoms with Crippen LogP contribution in [0.3, 0.4) is 0 Å². The van der Waals surface area contributed by atoms with Gasteiger partial charge < -0.3 is 5.32 Å². The van der Waals surface area contributed by atoms with E-state index < -0.39 is 0 Å². The van der Waals surface area contributed by atoms with Crippen molar-refractivity contribution in [3.8, 4) is 11.3 Å².